The number of likely N-dealkylation sites (tertiary alicyclic amines) is 1. The zero-order chi connectivity index (χ0) is 17.0. The normalized spacial score (nSPS) is 18.1. The molecule has 1 fully saturated rings. The molecule has 126 valence electrons. The van der Waals surface area contributed by atoms with Crippen molar-refractivity contribution in [3.05, 3.63) is 29.3 Å². The Morgan fingerprint density at radius 1 is 1.43 bits per heavy atom. The van der Waals surface area contributed by atoms with Crippen LogP contribution in [0.3, 0.4) is 0 Å². The Morgan fingerprint density at radius 2 is 2.13 bits per heavy atom. The van der Waals surface area contributed by atoms with E-state index in [1.807, 2.05) is 13.0 Å². The van der Waals surface area contributed by atoms with Gasteiger partial charge in [-0.25, -0.2) is 0 Å². The summed E-state index contributed by atoms with van der Waals surface area (Å²) in [6, 6.07) is 6.19. The predicted molar refractivity (Wildman–Crippen MR) is 91.4 cm³/mol. The van der Waals surface area contributed by atoms with E-state index in [0.29, 0.717) is 12.5 Å². The molecule has 2 rings (SSSR count). The van der Waals surface area contributed by atoms with Gasteiger partial charge in [0.05, 0.1) is 5.92 Å². The zero-order valence-electron chi connectivity index (χ0n) is 14.2. The van der Waals surface area contributed by atoms with E-state index in [-0.39, 0.29) is 19.5 Å². The van der Waals surface area contributed by atoms with Crippen molar-refractivity contribution in [1.29, 1.82) is 0 Å². The van der Waals surface area contributed by atoms with E-state index in [4.69, 9.17) is 14.9 Å². The third-order valence-electron chi connectivity index (χ3n) is 4.50. The number of hydrogen-bond donors (Lipinski definition) is 2. The van der Waals surface area contributed by atoms with Gasteiger partial charge in [-0.2, -0.15) is 0 Å². The highest BCUT2D eigenvalue weighted by Crippen LogP contribution is 2.27. The number of nitrogens with zero attached hydrogens (tertiary/aromatic N) is 1. The number of rotatable bonds is 8. The molecule has 1 heterocycles. The Balaban J connectivity index is 1.84. The summed E-state index contributed by atoms with van der Waals surface area (Å²) in [5.41, 5.74) is 2.32. The summed E-state index contributed by atoms with van der Waals surface area (Å²) in [5, 5.41) is 18.0. The van der Waals surface area contributed by atoms with E-state index in [1.165, 1.54) is 5.56 Å². The minimum absolute atomic E-state index is 0.135. The fraction of sp³-hybridized carbons (Fsp3) is 0.588. The lowest BCUT2D eigenvalue weighted by atomic mass is 9.82. The largest absolute Gasteiger partial charge is 0.487 e. The van der Waals surface area contributed by atoms with Crippen molar-refractivity contribution in [3.8, 4) is 5.75 Å². The van der Waals surface area contributed by atoms with Crippen molar-refractivity contribution in [3.63, 3.8) is 0 Å². The summed E-state index contributed by atoms with van der Waals surface area (Å²) in [7, 11) is 0.200. The molecule has 23 heavy (non-hydrogen) atoms. The molecule has 0 aromatic heterocycles. The minimum atomic E-state index is -0.752. The fourth-order valence-corrected chi connectivity index (χ4v) is 2.86. The summed E-state index contributed by atoms with van der Waals surface area (Å²) < 4.78 is 6.01. The lowest BCUT2D eigenvalue weighted by Crippen LogP contribution is -2.55. The van der Waals surface area contributed by atoms with Crippen molar-refractivity contribution in [2.45, 2.75) is 39.1 Å². The van der Waals surface area contributed by atoms with Gasteiger partial charge in [-0.3, -0.25) is 9.69 Å². The molecular formula is C17H26BNO4. The van der Waals surface area contributed by atoms with E-state index < -0.39 is 5.97 Å². The Labute approximate surface area is 138 Å². The van der Waals surface area contributed by atoms with Crippen LogP contribution in [0.2, 0.25) is 6.32 Å². The second kappa shape index (κ2) is 7.84. The topological polar surface area (TPSA) is 70.0 Å². The molecule has 0 aliphatic carbocycles. The molecular weight excluding hydrogens is 293 g/mol. The smallest absolute Gasteiger partial charge is 0.307 e. The predicted octanol–water partition coefficient (Wildman–Crippen LogP) is 1.64. The van der Waals surface area contributed by atoms with Crippen molar-refractivity contribution in [1.82, 2.24) is 4.90 Å². The molecule has 0 radical (unpaired) electrons. The molecule has 1 aromatic carbocycles. The molecule has 1 saturated heterocycles. The van der Waals surface area contributed by atoms with Crippen molar-refractivity contribution >= 4 is 13.5 Å². The third kappa shape index (κ3) is 4.72. The molecule has 0 amide bonds. The summed E-state index contributed by atoms with van der Waals surface area (Å²) in [6.45, 7) is 8.00. The molecule has 1 unspecified atom stereocenters. The monoisotopic (exact) mass is 319 g/mol. The van der Waals surface area contributed by atoms with Crippen LogP contribution in [0.15, 0.2) is 18.2 Å². The molecule has 0 bridgehead atoms. The highest BCUT2D eigenvalue weighted by molar-refractivity contribution is 6.25. The van der Waals surface area contributed by atoms with E-state index in [9.17, 15) is 4.79 Å². The minimum Gasteiger partial charge on any atom is -0.487 e. The lowest BCUT2D eigenvalue weighted by Gasteiger charge is -2.40. The van der Waals surface area contributed by atoms with Gasteiger partial charge in [0.15, 0.2) is 0 Å². The van der Waals surface area contributed by atoms with Gasteiger partial charge >= 0.3 is 5.97 Å². The summed E-state index contributed by atoms with van der Waals surface area (Å²) in [4.78, 5) is 13.0. The highest BCUT2D eigenvalue weighted by atomic mass is 16.5. The second-order valence-corrected chi connectivity index (χ2v) is 6.64. The van der Waals surface area contributed by atoms with Crippen LogP contribution in [0.4, 0.5) is 0 Å². The number of aliphatic carboxylic acids is 1. The maximum absolute atomic E-state index is 10.9. The first-order valence-corrected chi connectivity index (χ1v) is 8.24. The number of aryl methyl sites for hydroxylation is 1. The Kier molecular flexibility index (Phi) is 6.07. The number of carboxylic acids is 1. The van der Waals surface area contributed by atoms with Crippen LogP contribution in [0, 0.1) is 12.8 Å². The van der Waals surface area contributed by atoms with Crippen LogP contribution in [-0.2, 0) is 4.79 Å². The standard InChI is InChI=1S/C17H26BNO4/c1-11-6-14(12(2)7-18-22)4-5-16(11)23-15-9-19(10-15)8-13(3)17(20)21/h4-6,12-13,15,18,22H,7-10H2,1-3H3,(H,20,21)/t12-,13?/m0/s1. The molecule has 2 N–H and O–H groups in total. The van der Waals surface area contributed by atoms with Crippen LogP contribution in [0.25, 0.3) is 0 Å². The lowest BCUT2D eigenvalue weighted by molar-refractivity contribution is -0.142. The van der Waals surface area contributed by atoms with Gasteiger partial charge in [-0.15, -0.1) is 0 Å². The average molecular weight is 319 g/mol. The first-order chi connectivity index (χ1) is 10.9. The summed E-state index contributed by atoms with van der Waals surface area (Å²) >= 11 is 0. The van der Waals surface area contributed by atoms with Gasteiger partial charge in [-0.05, 0) is 36.4 Å². The van der Waals surface area contributed by atoms with Gasteiger partial charge in [0, 0.05) is 19.6 Å². The molecule has 1 aromatic rings. The van der Waals surface area contributed by atoms with Gasteiger partial charge in [0.2, 0.25) is 0 Å². The van der Waals surface area contributed by atoms with Gasteiger partial charge in [0.1, 0.15) is 11.9 Å². The van der Waals surface area contributed by atoms with E-state index in [2.05, 4.69) is 24.0 Å². The molecule has 0 spiro atoms. The second-order valence-electron chi connectivity index (χ2n) is 6.64. The van der Waals surface area contributed by atoms with Crippen LogP contribution in [0.1, 0.15) is 30.9 Å². The SMILES string of the molecule is Cc1cc([C@@H](C)CBO)ccc1OC1CN(CC(C)C(=O)O)C1. The Morgan fingerprint density at radius 3 is 2.70 bits per heavy atom. The van der Waals surface area contributed by atoms with Crippen molar-refractivity contribution in [2.24, 2.45) is 5.92 Å². The van der Waals surface area contributed by atoms with Gasteiger partial charge < -0.3 is 14.9 Å². The summed E-state index contributed by atoms with van der Waals surface area (Å²) in [6.07, 6.45) is 0.898. The quantitative estimate of drug-likeness (QED) is 0.713. The zero-order valence-corrected chi connectivity index (χ0v) is 14.2. The number of benzene rings is 1. The number of carboxylic acid groups (broad SMARTS) is 1. The maximum atomic E-state index is 10.9. The average Bonchev–Trinajstić information content (AvgIpc) is 2.46. The molecule has 6 heteroatoms. The van der Waals surface area contributed by atoms with Crippen molar-refractivity contribution in [2.75, 3.05) is 19.6 Å². The van der Waals surface area contributed by atoms with E-state index in [0.717, 1.165) is 30.7 Å². The first kappa shape index (κ1) is 17.8. The van der Waals surface area contributed by atoms with E-state index in [1.54, 1.807) is 6.92 Å². The Bertz CT molecular complexity index is 545. The van der Waals surface area contributed by atoms with E-state index >= 15 is 0 Å². The molecule has 1 aliphatic rings. The third-order valence-corrected chi connectivity index (χ3v) is 4.50. The van der Waals surface area contributed by atoms with Crippen LogP contribution < -0.4 is 4.74 Å². The molecule has 1 aliphatic heterocycles. The van der Waals surface area contributed by atoms with Crippen LogP contribution in [0.5, 0.6) is 5.75 Å². The molecule has 2 atom stereocenters. The molecule has 5 nitrogen and oxygen atoms in total. The number of hydrogen-bond acceptors (Lipinski definition) is 4. The van der Waals surface area contributed by atoms with Crippen LogP contribution >= 0.6 is 0 Å². The summed E-state index contributed by atoms with van der Waals surface area (Å²) in [5.74, 6) is 0.133. The van der Waals surface area contributed by atoms with Crippen molar-refractivity contribution < 1.29 is 19.7 Å². The Hall–Kier alpha value is -1.53. The van der Waals surface area contributed by atoms with Crippen LogP contribution in [-0.4, -0.2) is 54.2 Å². The first-order valence-electron chi connectivity index (χ1n) is 8.24. The van der Waals surface area contributed by atoms with Gasteiger partial charge in [-0.1, -0.05) is 26.0 Å². The fourth-order valence-electron chi connectivity index (χ4n) is 2.86. The number of ether oxygens (including phenoxy) is 1. The maximum Gasteiger partial charge on any atom is 0.307 e. The van der Waals surface area contributed by atoms with Gasteiger partial charge in [0.25, 0.3) is 7.48 Å². The number of carbonyl (C=O) groups is 1. The molecule has 0 saturated carbocycles. The highest BCUT2D eigenvalue weighted by Gasteiger charge is 2.31.